The second kappa shape index (κ2) is 2.48. The van der Waals surface area contributed by atoms with Crippen molar-refractivity contribution in [2.45, 2.75) is 26.2 Å². The van der Waals surface area contributed by atoms with Crippen molar-refractivity contribution >= 4 is 5.65 Å². The normalized spacial score (nSPS) is 12.2. The third-order valence-corrected chi connectivity index (χ3v) is 1.82. The minimum Gasteiger partial charge on any atom is -0.235 e. The van der Waals surface area contributed by atoms with Crippen LogP contribution in [-0.4, -0.2) is 24.8 Å². The fourth-order valence-electron chi connectivity index (χ4n) is 1.20. The summed E-state index contributed by atoms with van der Waals surface area (Å²) in [6.45, 7) is 6.26. The van der Waals surface area contributed by atoms with Crippen LogP contribution in [0, 0.1) is 0 Å². The van der Waals surface area contributed by atoms with E-state index in [2.05, 4.69) is 41.1 Å². The van der Waals surface area contributed by atoms with Gasteiger partial charge in [0.2, 0.25) is 0 Å². The highest BCUT2D eigenvalue weighted by atomic mass is 15.4. The summed E-state index contributed by atoms with van der Waals surface area (Å²) < 4.78 is 1.63. The zero-order chi connectivity index (χ0) is 9.47. The second-order valence-corrected chi connectivity index (χ2v) is 3.96. The van der Waals surface area contributed by atoms with Gasteiger partial charge in [0, 0.05) is 5.41 Å². The van der Waals surface area contributed by atoms with E-state index in [1.807, 2.05) is 0 Å². The first-order valence-electron chi connectivity index (χ1n) is 4.10. The number of hydrogen-bond acceptors (Lipinski definition) is 4. The number of fused-ring (bicyclic) bond motifs is 1. The molecular weight excluding hydrogens is 166 g/mol. The highest BCUT2D eigenvalue weighted by Crippen LogP contribution is 2.21. The van der Waals surface area contributed by atoms with Gasteiger partial charge in [0.15, 0.2) is 5.65 Å². The quantitative estimate of drug-likeness (QED) is 0.597. The van der Waals surface area contributed by atoms with Crippen molar-refractivity contribution in [3.05, 3.63) is 18.3 Å². The monoisotopic (exact) mass is 177 g/mol. The first-order valence-corrected chi connectivity index (χ1v) is 4.10. The molecule has 0 bridgehead atoms. The Kier molecular flexibility index (Phi) is 1.55. The Labute approximate surface area is 75.8 Å². The van der Waals surface area contributed by atoms with Gasteiger partial charge >= 0.3 is 0 Å². The van der Waals surface area contributed by atoms with Crippen molar-refractivity contribution < 1.29 is 0 Å². The molecule has 0 radical (unpaired) electrons. The summed E-state index contributed by atoms with van der Waals surface area (Å²) in [4.78, 5) is 4.22. The third-order valence-electron chi connectivity index (χ3n) is 1.82. The number of aromatic nitrogens is 5. The molecule has 0 aliphatic rings. The summed E-state index contributed by atoms with van der Waals surface area (Å²) in [7, 11) is 0. The summed E-state index contributed by atoms with van der Waals surface area (Å²) in [5, 5.41) is 11.8. The van der Waals surface area contributed by atoms with Gasteiger partial charge in [0.05, 0.1) is 5.69 Å². The van der Waals surface area contributed by atoms with Crippen LogP contribution >= 0.6 is 0 Å². The standard InChI is InChI=1S/C8H11N5/c1-8(2,3)6-7-12-10-5-13(7)11-4-9-6/h4-5H,1-3H3. The van der Waals surface area contributed by atoms with Gasteiger partial charge in [-0.1, -0.05) is 20.8 Å². The largest absolute Gasteiger partial charge is 0.235 e. The smallest absolute Gasteiger partial charge is 0.199 e. The lowest BCUT2D eigenvalue weighted by molar-refractivity contribution is 0.565. The van der Waals surface area contributed by atoms with Crippen molar-refractivity contribution in [1.82, 2.24) is 24.8 Å². The van der Waals surface area contributed by atoms with E-state index in [1.165, 1.54) is 6.33 Å². The summed E-state index contributed by atoms with van der Waals surface area (Å²) in [6.07, 6.45) is 3.10. The van der Waals surface area contributed by atoms with Crippen LogP contribution in [0.3, 0.4) is 0 Å². The van der Waals surface area contributed by atoms with Crippen molar-refractivity contribution in [3.63, 3.8) is 0 Å². The van der Waals surface area contributed by atoms with Gasteiger partial charge in [0.1, 0.15) is 12.7 Å². The third kappa shape index (κ3) is 1.26. The van der Waals surface area contributed by atoms with E-state index < -0.39 is 0 Å². The molecule has 2 aromatic rings. The first kappa shape index (κ1) is 8.10. The molecule has 0 unspecified atom stereocenters. The van der Waals surface area contributed by atoms with Crippen LogP contribution < -0.4 is 0 Å². The van der Waals surface area contributed by atoms with Crippen LogP contribution in [0.25, 0.3) is 5.65 Å². The lowest BCUT2D eigenvalue weighted by atomic mass is 9.92. The maximum absolute atomic E-state index is 4.22. The van der Waals surface area contributed by atoms with Crippen LogP contribution in [0.4, 0.5) is 0 Å². The molecule has 0 aliphatic carbocycles. The maximum atomic E-state index is 4.22. The van der Waals surface area contributed by atoms with Gasteiger partial charge in [-0.2, -0.15) is 9.61 Å². The molecule has 0 N–H and O–H groups in total. The topological polar surface area (TPSA) is 56.0 Å². The highest BCUT2D eigenvalue weighted by Gasteiger charge is 2.20. The molecule has 0 saturated carbocycles. The molecule has 0 aliphatic heterocycles. The minimum absolute atomic E-state index is 0.0305. The van der Waals surface area contributed by atoms with Crippen LogP contribution in [0.15, 0.2) is 12.7 Å². The van der Waals surface area contributed by atoms with E-state index in [0.29, 0.717) is 0 Å². The number of hydrogen-bond donors (Lipinski definition) is 0. The average Bonchev–Trinajstić information content (AvgIpc) is 2.48. The fourth-order valence-corrected chi connectivity index (χ4v) is 1.20. The Morgan fingerprint density at radius 1 is 1.31 bits per heavy atom. The molecule has 2 aromatic heterocycles. The molecule has 68 valence electrons. The first-order chi connectivity index (χ1) is 6.09. The highest BCUT2D eigenvalue weighted by molar-refractivity contribution is 5.44. The minimum atomic E-state index is -0.0305. The Morgan fingerprint density at radius 3 is 2.77 bits per heavy atom. The summed E-state index contributed by atoms with van der Waals surface area (Å²) in [5.74, 6) is 0. The van der Waals surface area contributed by atoms with Gasteiger partial charge in [-0.05, 0) is 0 Å². The lowest BCUT2D eigenvalue weighted by Crippen LogP contribution is -2.16. The molecule has 0 amide bonds. The Morgan fingerprint density at radius 2 is 2.08 bits per heavy atom. The zero-order valence-corrected chi connectivity index (χ0v) is 7.89. The summed E-state index contributed by atoms with van der Waals surface area (Å²) in [5.41, 5.74) is 1.62. The molecule has 5 heteroatoms. The average molecular weight is 177 g/mol. The summed E-state index contributed by atoms with van der Waals surface area (Å²) >= 11 is 0. The maximum Gasteiger partial charge on any atom is 0.199 e. The lowest BCUT2D eigenvalue weighted by Gasteiger charge is -2.16. The Balaban J connectivity index is 2.75. The van der Waals surface area contributed by atoms with Gasteiger partial charge in [-0.25, -0.2) is 4.98 Å². The number of rotatable bonds is 0. The van der Waals surface area contributed by atoms with Crippen LogP contribution in [-0.2, 0) is 5.41 Å². The molecule has 2 heterocycles. The van der Waals surface area contributed by atoms with Gasteiger partial charge in [0.25, 0.3) is 0 Å². The molecule has 5 nitrogen and oxygen atoms in total. The molecule has 0 atom stereocenters. The Hall–Kier alpha value is -1.52. The van der Waals surface area contributed by atoms with Crippen LogP contribution in [0.5, 0.6) is 0 Å². The molecule has 0 fully saturated rings. The fraction of sp³-hybridized carbons (Fsp3) is 0.500. The van der Waals surface area contributed by atoms with Crippen molar-refractivity contribution in [1.29, 1.82) is 0 Å². The van der Waals surface area contributed by atoms with E-state index >= 15 is 0 Å². The van der Waals surface area contributed by atoms with E-state index in [-0.39, 0.29) is 5.41 Å². The van der Waals surface area contributed by atoms with Crippen molar-refractivity contribution in [2.24, 2.45) is 0 Å². The van der Waals surface area contributed by atoms with Crippen molar-refractivity contribution in [2.75, 3.05) is 0 Å². The van der Waals surface area contributed by atoms with Gasteiger partial charge in [-0.3, -0.25) is 0 Å². The summed E-state index contributed by atoms with van der Waals surface area (Å²) in [6, 6.07) is 0. The van der Waals surface area contributed by atoms with E-state index in [1.54, 1.807) is 10.8 Å². The predicted molar refractivity (Wildman–Crippen MR) is 47.3 cm³/mol. The molecular formula is C8H11N5. The zero-order valence-electron chi connectivity index (χ0n) is 7.89. The van der Waals surface area contributed by atoms with E-state index in [0.717, 1.165) is 11.3 Å². The molecule has 0 saturated heterocycles. The Bertz CT molecular complexity index is 425. The van der Waals surface area contributed by atoms with Crippen molar-refractivity contribution in [3.8, 4) is 0 Å². The molecule has 13 heavy (non-hydrogen) atoms. The molecule has 2 rings (SSSR count). The SMILES string of the molecule is CC(C)(C)c1ncnn2cnnc12. The molecule has 0 aromatic carbocycles. The predicted octanol–water partition coefficient (Wildman–Crippen LogP) is 0.817. The second-order valence-electron chi connectivity index (χ2n) is 3.96. The van der Waals surface area contributed by atoms with E-state index in [4.69, 9.17) is 0 Å². The molecule has 0 spiro atoms. The van der Waals surface area contributed by atoms with Gasteiger partial charge < -0.3 is 0 Å². The van der Waals surface area contributed by atoms with Crippen LogP contribution in [0.1, 0.15) is 26.5 Å². The number of nitrogens with zero attached hydrogens (tertiary/aromatic N) is 5. The van der Waals surface area contributed by atoms with Crippen LogP contribution in [0.2, 0.25) is 0 Å². The van der Waals surface area contributed by atoms with E-state index in [9.17, 15) is 0 Å². The van der Waals surface area contributed by atoms with Gasteiger partial charge in [-0.15, -0.1) is 10.2 Å².